The Morgan fingerprint density at radius 3 is 2.62 bits per heavy atom. The number of rotatable bonds is 5. The highest BCUT2D eigenvalue weighted by Crippen LogP contribution is 2.15. The van der Waals surface area contributed by atoms with E-state index in [9.17, 15) is 4.39 Å². The Morgan fingerprint density at radius 2 is 2.06 bits per heavy atom. The average Bonchev–Trinajstić information content (AvgIpc) is 2.23. The lowest BCUT2D eigenvalue weighted by molar-refractivity contribution is 0.425. The fraction of sp³-hybridized carbons (Fsp3) is 0.500. The lowest BCUT2D eigenvalue weighted by Gasteiger charge is -2.20. The van der Waals surface area contributed by atoms with Gasteiger partial charge in [0.25, 0.3) is 0 Å². The molecule has 0 spiro atoms. The number of halogens is 3. The summed E-state index contributed by atoms with van der Waals surface area (Å²) in [5.74, 6) is 0.688. The molecule has 1 N–H and O–H groups in total. The third-order valence-corrected chi connectivity index (χ3v) is 3.10. The molecule has 0 bridgehead atoms. The highest BCUT2D eigenvalue weighted by Gasteiger charge is 2.12. The van der Waals surface area contributed by atoms with E-state index in [0.29, 0.717) is 28.9 Å². The monoisotopic (exact) mass is 263 g/mol. The van der Waals surface area contributed by atoms with Crippen molar-refractivity contribution in [1.29, 1.82) is 0 Å². The van der Waals surface area contributed by atoms with E-state index in [4.69, 9.17) is 23.2 Å². The molecule has 0 aliphatic heterocycles. The number of hydrogen-bond donors (Lipinski definition) is 1. The lowest BCUT2D eigenvalue weighted by Crippen LogP contribution is -2.35. The first-order valence-corrected chi connectivity index (χ1v) is 6.19. The zero-order valence-electron chi connectivity index (χ0n) is 9.43. The van der Waals surface area contributed by atoms with E-state index in [1.54, 1.807) is 12.1 Å². The fourth-order valence-corrected chi connectivity index (χ4v) is 2.05. The molecule has 0 fully saturated rings. The van der Waals surface area contributed by atoms with Gasteiger partial charge in [-0.05, 0) is 24.1 Å². The summed E-state index contributed by atoms with van der Waals surface area (Å²) in [4.78, 5) is 0. The molecule has 90 valence electrons. The largest absolute Gasteiger partial charge is 0.308 e. The predicted molar refractivity (Wildman–Crippen MR) is 67.6 cm³/mol. The summed E-state index contributed by atoms with van der Waals surface area (Å²) in [5.41, 5.74) is 0.572. The van der Waals surface area contributed by atoms with Gasteiger partial charge < -0.3 is 5.32 Å². The van der Waals surface area contributed by atoms with Gasteiger partial charge in [0, 0.05) is 29.1 Å². The van der Waals surface area contributed by atoms with Gasteiger partial charge >= 0.3 is 0 Å². The molecular weight excluding hydrogens is 248 g/mol. The maximum atomic E-state index is 13.4. The molecule has 0 heterocycles. The van der Waals surface area contributed by atoms with Gasteiger partial charge in [0.2, 0.25) is 0 Å². The van der Waals surface area contributed by atoms with E-state index in [1.165, 1.54) is 6.07 Å². The van der Waals surface area contributed by atoms with Crippen LogP contribution < -0.4 is 5.32 Å². The molecular formula is C12H16Cl2FN. The van der Waals surface area contributed by atoms with Crippen molar-refractivity contribution in [3.8, 4) is 0 Å². The molecule has 0 aromatic heterocycles. The van der Waals surface area contributed by atoms with E-state index < -0.39 is 0 Å². The molecule has 0 saturated carbocycles. The summed E-state index contributed by atoms with van der Waals surface area (Å²) in [6, 6.07) is 4.74. The molecule has 1 atom stereocenters. The van der Waals surface area contributed by atoms with Crippen molar-refractivity contribution in [1.82, 2.24) is 5.32 Å². The Hall–Kier alpha value is -0.310. The van der Waals surface area contributed by atoms with Gasteiger partial charge in [-0.15, -0.1) is 11.6 Å². The normalized spacial score (nSPS) is 13.1. The van der Waals surface area contributed by atoms with Gasteiger partial charge in [0.1, 0.15) is 5.82 Å². The van der Waals surface area contributed by atoms with Crippen LogP contribution in [0.2, 0.25) is 5.02 Å². The minimum atomic E-state index is -0.242. The smallest absolute Gasteiger partial charge is 0.127 e. The van der Waals surface area contributed by atoms with E-state index in [0.717, 1.165) is 0 Å². The summed E-state index contributed by atoms with van der Waals surface area (Å²) in [7, 11) is 0. The molecule has 1 aromatic carbocycles. The van der Waals surface area contributed by atoms with Crippen molar-refractivity contribution < 1.29 is 4.39 Å². The number of alkyl halides is 1. The van der Waals surface area contributed by atoms with E-state index in [2.05, 4.69) is 19.2 Å². The highest BCUT2D eigenvalue weighted by molar-refractivity contribution is 6.30. The van der Waals surface area contributed by atoms with Crippen LogP contribution in [0.15, 0.2) is 18.2 Å². The lowest BCUT2D eigenvalue weighted by atomic mass is 10.1. The number of nitrogens with one attached hydrogen (secondary N) is 1. The maximum Gasteiger partial charge on any atom is 0.127 e. The van der Waals surface area contributed by atoms with Crippen LogP contribution in [0.25, 0.3) is 0 Å². The first-order chi connectivity index (χ1) is 7.54. The van der Waals surface area contributed by atoms with Crippen LogP contribution in [0.1, 0.15) is 19.4 Å². The van der Waals surface area contributed by atoms with Crippen molar-refractivity contribution in [3.05, 3.63) is 34.6 Å². The molecule has 1 rings (SSSR count). The first kappa shape index (κ1) is 13.8. The fourth-order valence-electron chi connectivity index (χ4n) is 1.39. The summed E-state index contributed by atoms with van der Waals surface area (Å²) in [5, 5.41) is 3.77. The second-order valence-corrected chi connectivity index (χ2v) is 4.87. The molecule has 1 unspecified atom stereocenters. The van der Waals surface area contributed by atoms with Gasteiger partial charge in [-0.1, -0.05) is 25.4 Å². The summed E-state index contributed by atoms with van der Waals surface area (Å²) in [6.07, 6.45) is 0. The third-order valence-electron chi connectivity index (χ3n) is 2.53. The average molecular weight is 264 g/mol. The van der Waals surface area contributed by atoms with Crippen molar-refractivity contribution in [3.63, 3.8) is 0 Å². The van der Waals surface area contributed by atoms with Gasteiger partial charge in [-0.25, -0.2) is 4.39 Å². The Morgan fingerprint density at radius 1 is 1.38 bits per heavy atom. The van der Waals surface area contributed by atoms with Gasteiger partial charge in [-0.3, -0.25) is 0 Å². The van der Waals surface area contributed by atoms with Crippen molar-refractivity contribution in [2.24, 2.45) is 5.92 Å². The third kappa shape index (κ3) is 3.93. The molecule has 0 aliphatic carbocycles. The second-order valence-electron chi connectivity index (χ2n) is 4.12. The summed E-state index contributed by atoms with van der Waals surface area (Å²) in [6.45, 7) is 4.60. The Balaban J connectivity index is 2.63. The molecule has 1 aromatic rings. The number of hydrogen-bond acceptors (Lipinski definition) is 1. The van der Waals surface area contributed by atoms with E-state index >= 15 is 0 Å². The van der Waals surface area contributed by atoms with Crippen molar-refractivity contribution in [2.75, 3.05) is 5.88 Å². The van der Waals surface area contributed by atoms with Crippen LogP contribution in [-0.4, -0.2) is 11.9 Å². The molecule has 0 aliphatic rings. The van der Waals surface area contributed by atoms with Crippen LogP contribution in [0.4, 0.5) is 4.39 Å². The number of benzene rings is 1. The minimum absolute atomic E-state index is 0.181. The van der Waals surface area contributed by atoms with Crippen molar-refractivity contribution >= 4 is 23.2 Å². The highest BCUT2D eigenvalue weighted by atomic mass is 35.5. The van der Waals surface area contributed by atoms with Gasteiger partial charge in [-0.2, -0.15) is 0 Å². The molecule has 0 radical (unpaired) electrons. The topological polar surface area (TPSA) is 12.0 Å². The molecule has 0 amide bonds. The van der Waals surface area contributed by atoms with Gasteiger partial charge in [0.05, 0.1) is 0 Å². The van der Waals surface area contributed by atoms with E-state index in [-0.39, 0.29) is 11.9 Å². The molecule has 0 saturated heterocycles. The quantitative estimate of drug-likeness (QED) is 0.797. The van der Waals surface area contributed by atoms with E-state index in [1.807, 2.05) is 0 Å². The van der Waals surface area contributed by atoms with Crippen molar-refractivity contribution in [2.45, 2.75) is 26.4 Å². The van der Waals surface area contributed by atoms with Crippen LogP contribution in [0.5, 0.6) is 0 Å². The summed E-state index contributed by atoms with van der Waals surface area (Å²) < 4.78 is 13.4. The Bertz CT molecular complexity index is 342. The first-order valence-electron chi connectivity index (χ1n) is 5.28. The Labute approximate surface area is 106 Å². The van der Waals surface area contributed by atoms with Crippen LogP contribution in [-0.2, 0) is 6.54 Å². The second kappa shape index (κ2) is 6.43. The van der Waals surface area contributed by atoms with Crippen LogP contribution in [0, 0.1) is 11.7 Å². The standard InChI is InChI=1S/C12H16Cl2FN/c1-8(2)12(6-13)16-7-9-5-10(14)3-4-11(9)15/h3-5,8,12,16H,6-7H2,1-2H3. The molecule has 16 heavy (non-hydrogen) atoms. The van der Waals surface area contributed by atoms with Crippen LogP contribution in [0.3, 0.4) is 0 Å². The van der Waals surface area contributed by atoms with Gasteiger partial charge in [0.15, 0.2) is 0 Å². The maximum absolute atomic E-state index is 13.4. The molecule has 4 heteroatoms. The minimum Gasteiger partial charge on any atom is -0.308 e. The predicted octanol–water partition coefficient (Wildman–Crippen LogP) is 3.83. The SMILES string of the molecule is CC(C)C(CCl)NCc1cc(Cl)ccc1F. The Kier molecular flexibility index (Phi) is 5.53. The van der Waals surface area contributed by atoms with Crippen LogP contribution >= 0.6 is 23.2 Å². The molecule has 1 nitrogen and oxygen atoms in total. The zero-order valence-corrected chi connectivity index (χ0v) is 10.9. The summed E-state index contributed by atoms with van der Waals surface area (Å²) >= 11 is 11.6. The zero-order chi connectivity index (χ0) is 12.1.